The zero-order valence-corrected chi connectivity index (χ0v) is 13.4. The molecule has 1 aromatic carbocycles. The van der Waals surface area contributed by atoms with E-state index in [2.05, 4.69) is 15.0 Å². The second kappa shape index (κ2) is 7.00. The van der Waals surface area contributed by atoms with Crippen LogP contribution in [0.15, 0.2) is 47.0 Å². The van der Waals surface area contributed by atoms with Crippen LogP contribution < -0.4 is 5.32 Å². The van der Waals surface area contributed by atoms with Gasteiger partial charge in [-0.2, -0.15) is 0 Å². The molecular formula is C17H15N3O5. The van der Waals surface area contributed by atoms with Gasteiger partial charge in [-0.15, -0.1) is 0 Å². The number of hydrogen-bond donors (Lipinski definition) is 1. The van der Waals surface area contributed by atoms with Gasteiger partial charge in [0.25, 0.3) is 0 Å². The summed E-state index contributed by atoms with van der Waals surface area (Å²) < 4.78 is 10.2. The molecule has 0 fully saturated rings. The second-order valence-corrected chi connectivity index (χ2v) is 5.27. The molecule has 0 saturated carbocycles. The molecule has 0 unspecified atom stereocenters. The Morgan fingerprint density at radius 1 is 1.36 bits per heavy atom. The highest BCUT2D eigenvalue weighted by molar-refractivity contribution is 5.90. The normalized spacial score (nSPS) is 10.6. The molecule has 0 aliphatic carbocycles. The second-order valence-electron chi connectivity index (χ2n) is 5.27. The molecule has 8 heteroatoms. The summed E-state index contributed by atoms with van der Waals surface area (Å²) in [6.45, 7) is 0.394. The van der Waals surface area contributed by atoms with Crippen molar-refractivity contribution < 1.29 is 18.9 Å². The van der Waals surface area contributed by atoms with Crippen LogP contribution in [0.25, 0.3) is 11.0 Å². The molecule has 25 heavy (non-hydrogen) atoms. The highest BCUT2D eigenvalue weighted by atomic mass is 16.6. The third-order valence-electron chi connectivity index (χ3n) is 3.63. The van der Waals surface area contributed by atoms with E-state index >= 15 is 0 Å². The van der Waals surface area contributed by atoms with Crippen molar-refractivity contribution in [3.8, 4) is 0 Å². The number of nitrogens with zero attached hydrogens (tertiary/aromatic N) is 2. The lowest BCUT2D eigenvalue weighted by Crippen LogP contribution is -2.10. The number of nitro groups is 1. The first-order valence-electron chi connectivity index (χ1n) is 7.52. The van der Waals surface area contributed by atoms with Crippen molar-refractivity contribution in [1.82, 2.24) is 4.98 Å². The fourth-order valence-corrected chi connectivity index (χ4v) is 2.42. The van der Waals surface area contributed by atoms with Crippen molar-refractivity contribution in [2.45, 2.75) is 6.42 Å². The molecule has 0 aliphatic rings. The van der Waals surface area contributed by atoms with Gasteiger partial charge in [-0.3, -0.25) is 10.1 Å². The van der Waals surface area contributed by atoms with Crippen molar-refractivity contribution in [2.24, 2.45) is 0 Å². The lowest BCUT2D eigenvalue weighted by molar-refractivity contribution is -0.384. The third kappa shape index (κ3) is 3.57. The van der Waals surface area contributed by atoms with Crippen LogP contribution in [0.1, 0.15) is 16.1 Å². The Bertz CT molecular complexity index is 902. The summed E-state index contributed by atoms with van der Waals surface area (Å²) >= 11 is 0. The van der Waals surface area contributed by atoms with E-state index in [-0.39, 0.29) is 17.1 Å². The maximum Gasteiger partial charge on any atom is 0.339 e. The lowest BCUT2D eigenvalue weighted by Gasteiger charge is -2.06. The van der Waals surface area contributed by atoms with Gasteiger partial charge in [0.2, 0.25) is 5.82 Å². The minimum Gasteiger partial charge on any atom is -0.465 e. The van der Waals surface area contributed by atoms with Crippen LogP contribution in [0.4, 0.5) is 11.5 Å². The van der Waals surface area contributed by atoms with Crippen molar-refractivity contribution in [1.29, 1.82) is 0 Å². The van der Waals surface area contributed by atoms with Gasteiger partial charge in [0.1, 0.15) is 11.3 Å². The van der Waals surface area contributed by atoms with E-state index in [1.165, 1.54) is 13.3 Å². The van der Waals surface area contributed by atoms with Crippen LogP contribution in [-0.2, 0) is 11.2 Å². The van der Waals surface area contributed by atoms with Crippen LogP contribution in [-0.4, -0.2) is 29.5 Å². The van der Waals surface area contributed by atoms with E-state index in [1.807, 2.05) is 30.3 Å². The average Bonchev–Trinajstić information content (AvgIpc) is 3.03. The average molecular weight is 341 g/mol. The van der Waals surface area contributed by atoms with Crippen molar-refractivity contribution in [3.05, 3.63) is 64.0 Å². The van der Waals surface area contributed by atoms with Crippen LogP contribution in [0.5, 0.6) is 0 Å². The summed E-state index contributed by atoms with van der Waals surface area (Å²) in [4.78, 5) is 26.0. The molecule has 3 aromatic rings. The van der Waals surface area contributed by atoms with Crippen molar-refractivity contribution in [3.63, 3.8) is 0 Å². The molecule has 0 spiro atoms. The SMILES string of the molecule is COC(=O)c1cnc(NCCc2cc3ccccc3o2)c([N+](=O)[O-])c1. The molecule has 2 aromatic heterocycles. The Hall–Kier alpha value is -3.42. The summed E-state index contributed by atoms with van der Waals surface area (Å²) in [5.74, 6) is 0.181. The molecule has 0 saturated heterocycles. The number of carbonyl (C=O) groups excluding carboxylic acids is 1. The zero-order chi connectivity index (χ0) is 17.8. The van der Waals surface area contributed by atoms with Crippen LogP contribution in [0, 0.1) is 10.1 Å². The zero-order valence-electron chi connectivity index (χ0n) is 13.4. The van der Waals surface area contributed by atoms with E-state index in [0.29, 0.717) is 13.0 Å². The maximum atomic E-state index is 11.5. The Morgan fingerprint density at radius 2 is 2.16 bits per heavy atom. The number of para-hydroxylation sites is 1. The largest absolute Gasteiger partial charge is 0.465 e. The number of benzene rings is 1. The Balaban J connectivity index is 1.71. The number of ether oxygens (including phenoxy) is 1. The molecule has 1 N–H and O–H groups in total. The number of fused-ring (bicyclic) bond motifs is 1. The number of anilines is 1. The Morgan fingerprint density at radius 3 is 2.88 bits per heavy atom. The molecule has 3 rings (SSSR count). The summed E-state index contributed by atoms with van der Waals surface area (Å²) in [7, 11) is 1.20. The predicted molar refractivity (Wildman–Crippen MR) is 90.6 cm³/mol. The molecule has 0 radical (unpaired) electrons. The minimum atomic E-state index is -0.676. The van der Waals surface area contributed by atoms with E-state index in [0.717, 1.165) is 22.8 Å². The molecule has 8 nitrogen and oxygen atoms in total. The van der Waals surface area contributed by atoms with Crippen LogP contribution >= 0.6 is 0 Å². The molecule has 0 bridgehead atoms. The number of methoxy groups -OCH3 is 1. The quantitative estimate of drug-likeness (QED) is 0.417. The van der Waals surface area contributed by atoms with Gasteiger partial charge in [0.15, 0.2) is 0 Å². The summed E-state index contributed by atoms with van der Waals surface area (Å²) in [6, 6.07) is 10.7. The first-order valence-corrected chi connectivity index (χ1v) is 7.52. The van der Waals surface area contributed by atoms with E-state index < -0.39 is 10.9 Å². The highest BCUT2D eigenvalue weighted by Gasteiger charge is 2.19. The number of rotatable bonds is 6. The van der Waals surface area contributed by atoms with Gasteiger partial charge in [-0.1, -0.05) is 18.2 Å². The molecule has 2 heterocycles. The van der Waals surface area contributed by atoms with Gasteiger partial charge < -0.3 is 14.5 Å². The van der Waals surface area contributed by atoms with Crippen molar-refractivity contribution >= 4 is 28.4 Å². The van der Waals surface area contributed by atoms with Crippen molar-refractivity contribution in [2.75, 3.05) is 19.0 Å². The number of pyridine rings is 1. The fraction of sp³-hybridized carbons (Fsp3) is 0.176. The molecule has 0 atom stereocenters. The van der Waals surface area contributed by atoms with Gasteiger partial charge in [-0.05, 0) is 12.1 Å². The fourth-order valence-electron chi connectivity index (χ4n) is 2.42. The van der Waals surface area contributed by atoms with Crippen LogP contribution in [0.2, 0.25) is 0 Å². The standard InChI is InChI=1S/C17H15N3O5/c1-24-17(21)12-9-14(20(22)23)16(19-10-12)18-7-6-13-8-11-4-2-3-5-15(11)25-13/h2-5,8-10H,6-7H2,1H3,(H,18,19). The van der Waals surface area contributed by atoms with E-state index in [4.69, 9.17) is 4.42 Å². The van der Waals surface area contributed by atoms with E-state index in [1.54, 1.807) is 0 Å². The topological polar surface area (TPSA) is 108 Å². The highest BCUT2D eigenvalue weighted by Crippen LogP contribution is 2.24. The smallest absolute Gasteiger partial charge is 0.339 e. The summed E-state index contributed by atoms with van der Waals surface area (Å²) in [6.07, 6.45) is 1.77. The monoisotopic (exact) mass is 341 g/mol. The maximum absolute atomic E-state index is 11.5. The number of hydrogen-bond acceptors (Lipinski definition) is 7. The first kappa shape index (κ1) is 16.4. The number of aromatic nitrogens is 1. The number of esters is 1. The number of carbonyl (C=O) groups is 1. The van der Waals surface area contributed by atoms with Gasteiger partial charge in [0, 0.05) is 30.6 Å². The number of nitrogens with one attached hydrogen (secondary N) is 1. The minimum absolute atomic E-state index is 0.0250. The van der Waals surface area contributed by atoms with Crippen LogP contribution in [0.3, 0.4) is 0 Å². The molecule has 0 aliphatic heterocycles. The lowest BCUT2D eigenvalue weighted by atomic mass is 10.2. The van der Waals surface area contributed by atoms with Gasteiger partial charge >= 0.3 is 11.7 Å². The van der Waals surface area contributed by atoms with Gasteiger partial charge in [0.05, 0.1) is 17.6 Å². The van der Waals surface area contributed by atoms with Gasteiger partial charge in [-0.25, -0.2) is 9.78 Å². The molecule has 0 amide bonds. The van der Waals surface area contributed by atoms with E-state index in [9.17, 15) is 14.9 Å². The molecular weight excluding hydrogens is 326 g/mol. The number of furan rings is 1. The summed E-state index contributed by atoms with van der Waals surface area (Å²) in [5.41, 5.74) is 0.536. The Labute approximate surface area is 142 Å². The first-order chi connectivity index (χ1) is 12.1. The Kier molecular flexibility index (Phi) is 4.60. The third-order valence-corrected chi connectivity index (χ3v) is 3.63. The predicted octanol–water partition coefficient (Wildman–Crippen LogP) is 3.18. The molecule has 128 valence electrons. The summed E-state index contributed by atoms with van der Waals surface area (Å²) in [5, 5.41) is 15.1.